The molecule has 0 radical (unpaired) electrons. The van der Waals surface area contributed by atoms with E-state index in [1.54, 1.807) is 19.1 Å². The number of sulfone groups is 1. The zero-order chi connectivity index (χ0) is 24.7. The summed E-state index contributed by atoms with van der Waals surface area (Å²) in [4.78, 5) is 13.6. The number of nitrogens with zero attached hydrogens (tertiary/aromatic N) is 2. The third kappa shape index (κ3) is 3.36. The summed E-state index contributed by atoms with van der Waals surface area (Å²) >= 11 is 0. The lowest BCUT2D eigenvalue weighted by Gasteiger charge is -2.48. The number of halogens is 3. The average molecular weight is 494 g/mol. The first-order chi connectivity index (χ1) is 15.8. The maximum Gasteiger partial charge on any atom is 0.435 e. The van der Waals surface area contributed by atoms with Crippen LogP contribution in [0.1, 0.15) is 58.4 Å². The number of hydrogen-bond donors (Lipinski definition) is 1. The Bertz CT molecular complexity index is 1290. The van der Waals surface area contributed by atoms with E-state index in [0.29, 0.717) is 30.5 Å². The van der Waals surface area contributed by atoms with Gasteiger partial charge in [0.25, 0.3) is 0 Å². The molecule has 1 aromatic carbocycles. The van der Waals surface area contributed by atoms with Crippen LogP contribution in [0, 0.1) is 5.41 Å². The van der Waals surface area contributed by atoms with Crippen LogP contribution < -0.4 is 5.32 Å². The molecule has 0 amide bonds. The van der Waals surface area contributed by atoms with E-state index in [2.05, 4.69) is 15.5 Å². The fraction of sp³-hybridized carbons (Fsp3) is 0.542. The molecule has 5 rings (SSSR count). The van der Waals surface area contributed by atoms with Gasteiger partial charge >= 0.3 is 6.18 Å². The predicted molar refractivity (Wildman–Crippen MR) is 119 cm³/mol. The van der Waals surface area contributed by atoms with Crippen molar-refractivity contribution < 1.29 is 26.4 Å². The zero-order valence-electron chi connectivity index (χ0n) is 19.2. The Kier molecular flexibility index (Phi) is 4.96. The van der Waals surface area contributed by atoms with Crippen LogP contribution in [-0.4, -0.2) is 31.8 Å². The van der Waals surface area contributed by atoms with E-state index in [9.17, 15) is 26.4 Å². The van der Waals surface area contributed by atoms with Gasteiger partial charge in [-0.25, -0.2) is 8.42 Å². The zero-order valence-corrected chi connectivity index (χ0v) is 20.0. The van der Waals surface area contributed by atoms with Crippen molar-refractivity contribution in [1.82, 2.24) is 5.32 Å². The first-order valence-electron chi connectivity index (χ1n) is 11.4. The molecular weight excluding hydrogens is 467 g/mol. The van der Waals surface area contributed by atoms with Crippen LogP contribution in [0.15, 0.2) is 61.9 Å². The second-order valence-electron chi connectivity index (χ2n) is 10.3. The normalized spacial score (nSPS) is 28.6. The topological polar surface area (TPSA) is 88.0 Å². The first-order valence-corrected chi connectivity index (χ1v) is 13.0. The van der Waals surface area contributed by atoms with E-state index >= 15 is 0 Å². The van der Waals surface area contributed by atoms with E-state index in [4.69, 9.17) is 0 Å². The number of azo groups is 1. The highest BCUT2D eigenvalue weighted by Crippen LogP contribution is 2.56. The van der Waals surface area contributed by atoms with E-state index in [1.807, 2.05) is 13.8 Å². The van der Waals surface area contributed by atoms with Crippen LogP contribution in [0.25, 0.3) is 0 Å². The molecule has 1 fully saturated rings. The Labute approximate surface area is 196 Å². The monoisotopic (exact) mass is 493 g/mol. The molecule has 2 aliphatic heterocycles. The lowest BCUT2D eigenvalue weighted by atomic mass is 9.58. The number of carbonyl (C=O) groups excluding carboxylic acids is 1. The van der Waals surface area contributed by atoms with Crippen molar-refractivity contribution in [3.8, 4) is 0 Å². The number of fused-ring (bicyclic) bond motifs is 1. The van der Waals surface area contributed by atoms with Gasteiger partial charge < -0.3 is 5.32 Å². The minimum Gasteiger partial charge on any atom is -0.362 e. The Morgan fingerprint density at radius 3 is 2.50 bits per heavy atom. The number of alkyl halides is 3. The van der Waals surface area contributed by atoms with Gasteiger partial charge in [0, 0.05) is 23.3 Å². The smallest absolute Gasteiger partial charge is 0.362 e. The molecule has 10 heteroatoms. The average Bonchev–Trinajstić information content (AvgIpc) is 3.51. The van der Waals surface area contributed by atoms with Crippen molar-refractivity contribution in [1.29, 1.82) is 0 Å². The third-order valence-electron chi connectivity index (χ3n) is 7.29. The van der Waals surface area contributed by atoms with Crippen molar-refractivity contribution in [2.75, 3.05) is 0 Å². The van der Waals surface area contributed by atoms with Crippen molar-refractivity contribution in [2.45, 2.75) is 80.8 Å². The molecule has 0 aromatic heterocycles. The minimum absolute atomic E-state index is 0.0715. The lowest BCUT2D eigenvalue weighted by molar-refractivity contribution is -0.119. The maximum absolute atomic E-state index is 14.1. The summed E-state index contributed by atoms with van der Waals surface area (Å²) < 4.78 is 68.3. The molecule has 0 bridgehead atoms. The summed E-state index contributed by atoms with van der Waals surface area (Å²) in [5, 5.41) is 10.0. The van der Waals surface area contributed by atoms with Crippen molar-refractivity contribution in [2.24, 2.45) is 15.6 Å². The highest BCUT2D eigenvalue weighted by atomic mass is 32.2. The standard InChI is InChI=1S/C24H26F3N3O3S/c1-4-23(13-6-5-7-15(10-13)34(32,33)14-8-9-14)18-16(11-22(2,3)12-17(18)31)28-21-19(23)20(29-30-21)24(25,26)27/h5-7,10,14,21,28H,4,8-9,11-12H2,1-3H3/t21?,23-/m0/s1. The van der Waals surface area contributed by atoms with E-state index in [1.165, 1.54) is 12.1 Å². The molecule has 1 aromatic rings. The van der Waals surface area contributed by atoms with Gasteiger partial charge in [0.05, 0.1) is 15.6 Å². The van der Waals surface area contributed by atoms with Gasteiger partial charge in [0.1, 0.15) is 0 Å². The molecule has 2 aliphatic carbocycles. The van der Waals surface area contributed by atoms with Gasteiger partial charge in [-0.3, -0.25) is 4.79 Å². The summed E-state index contributed by atoms with van der Waals surface area (Å²) in [7, 11) is -3.59. The second-order valence-corrected chi connectivity index (χ2v) is 12.6. The highest BCUT2D eigenvalue weighted by molar-refractivity contribution is 7.92. The first kappa shape index (κ1) is 23.3. The lowest BCUT2D eigenvalue weighted by Crippen LogP contribution is -2.52. The van der Waals surface area contributed by atoms with E-state index in [0.717, 1.165) is 0 Å². The summed E-state index contributed by atoms with van der Waals surface area (Å²) in [5.41, 5.74) is -1.91. The molecule has 2 heterocycles. The number of benzene rings is 1. The van der Waals surface area contributed by atoms with Crippen molar-refractivity contribution in [3.63, 3.8) is 0 Å². The number of rotatable bonds is 4. The molecule has 1 saturated carbocycles. The number of ketones is 1. The fourth-order valence-corrected chi connectivity index (χ4v) is 7.42. The Morgan fingerprint density at radius 2 is 1.88 bits per heavy atom. The molecular formula is C24H26F3N3O3S. The van der Waals surface area contributed by atoms with Crippen molar-refractivity contribution in [3.05, 3.63) is 52.4 Å². The summed E-state index contributed by atoms with van der Waals surface area (Å²) in [6.45, 7) is 5.60. The van der Waals surface area contributed by atoms with E-state index < -0.39 is 38.5 Å². The number of Topliss-reactive ketones (excluding diaryl/α,β-unsaturated/α-hetero) is 1. The van der Waals surface area contributed by atoms with Crippen LogP contribution in [0.3, 0.4) is 0 Å². The van der Waals surface area contributed by atoms with Crippen LogP contribution in [0.5, 0.6) is 0 Å². The van der Waals surface area contributed by atoms with Crippen molar-refractivity contribution >= 4 is 15.6 Å². The molecule has 34 heavy (non-hydrogen) atoms. The number of carbonyl (C=O) groups is 1. The highest BCUT2D eigenvalue weighted by Gasteiger charge is 2.57. The number of nitrogens with one attached hydrogen (secondary N) is 1. The maximum atomic E-state index is 14.1. The summed E-state index contributed by atoms with van der Waals surface area (Å²) in [6.07, 6.45) is -3.92. The molecule has 1 unspecified atom stereocenters. The molecule has 0 spiro atoms. The second kappa shape index (κ2) is 7.26. The molecule has 182 valence electrons. The third-order valence-corrected chi connectivity index (χ3v) is 9.55. The number of allylic oxidation sites excluding steroid dienone is 3. The molecule has 2 atom stereocenters. The van der Waals surface area contributed by atoms with Crippen LogP contribution in [-0.2, 0) is 20.0 Å². The van der Waals surface area contributed by atoms with Gasteiger partial charge in [-0.05, 0) is 48.8 Å². The Morgan fingerprint density at radius 1 is 1.18 bits per heavy atom. The minimum atomic E-state index is -4.78. The SMILES string of the molecule is CC[C@]1(c2cccc(S(=O)(=O)C3CC3)c2)C2=C(CC(C)(C)CC2=O)NC2N=NC(C(F)(F)F)=C21. The fourth-order valence-electron chi connectivity index (χ4n) is 5.72. The van der Waals surface area contributed by atoms with Crippen LogP contribution in [0.2, 0.25) is 0 Å². The van der Waals surface area contributed by atoms with Gasteiger partial charge in [0.2, 0.25) is 0 Å². The van der Waals surface area contributed by atoms with Gasteiger partial charge in [0.15, 0.2) is 27.5 Å². The summed E-state index contributed by atoms with van der Waals surface area (Å²) in [6, 6.07) is 6.10. The summed E-state index contributed by atoms with van der Waals surface area (Å²) in [5.74, 6) is -0.240. The van der Waals surface area contributed by atoms with Gasteiger partial charge in [-0.2, -0.15) is 18.3 Å². The Hall–Kier alpha value is -2.49. The van der Waals surface area contributed by atoms with Gasteiger partial charge in [-0.1, -0.05) is 32.9 Å². The Balaban J connectivity index is 1.82. The number of hydrogen-bond acceptors (Lipinski definition) is 6. The predicted octanol–water partition coefficient (Wildman–Crippen LogP) is 5.13. The quantitative estimate of drug-likeness (QED) is 0.630. The molecule has 6 nitrogen and oxygen atoms in total. The molecule has 0 saturated heterocycles. The largest absolute Gasteiger partial charge is 0.435 e. The van der Waals surface area contributed by atoms with Crippen LogP contribution in [0.4, 0.5) is 13.2 Å². The van der Waals surface area contributed by atoms with Crippen LogP contribution >= 0.6 is 0 Å². The van der Waals surface area contributed by atoms with Gasteiger partial charge in [-0.15, -0.1) is 5.11 Å². The molecule has 1 N–H and O–H groups in total. The van der Waals surface area contributed by atoms with E-state index in [-0.39, 0.29) is 40.1 Å². The molecule has 4 aliphatic rings.